The zero-order valence-corrected chi connectivity index (χ0v) is 26.6. The van der Waals surface area contributed by atoms with Crippen LogP contribution < -0.4 is 0 Å². The van der Waals surface area contributed by atoms with Crippen LogP contribution in [0.2, 0.25) is 0 Å². The molecule has 0 spiro atoms. The van der Waals surface area contributed by atoms with Gasteiger partial charge in [0.1, 0.15) is 18.5 Å². The Bertz CT molecular complexity index is 1550. The SMILES string of the molecule is COC1(c2ccc(C)c(Cc3ccc(-c4ccc(F)cc4)s3)c2)O[C@H](COC(C)=O)[C@@H](OC(C)=O)[C@H](OC(C)=O)[C@@H]1OC(C)=O. The van der Waals surface area contributed by atoms with Crippen LogP contribution in [0.5, 0.6) is 0 Å². The van der Waals surface area contributed by atoms with Gasteiger partial charge < -0.3 is 28.4 Å². The summed E-state index contributed by atoms with van der Waals surface area (Å²) < 4.78 is 47.9. The lowest BCUT2D eigenvalue weighted by Crippen LogP contribution is -2.67. The number of carbonyl (C=O) groups is 4. The highest BCUT2D eigenvalue weighted by molar-refractivity contribution is 7.15. The Balaban J connectivity index is 1.79. The summed E-state index contributed by atoms with van der Waals surface area (Å²) in [7, 11) is 1.34. The molecule has 0 N–H and O–H groups in total. The number of aryl methyl sites for hydroxylation is 1. The number of carbonyl (C=O) groups excluding carboxylic acids is 4. The van der Waals surface area contributed by atoms with Gasteiger partial charge in [-0.15, -0.1) is 11.3 Å². The number of methoxy groups -OCH3 is 1. The van der Waals surface area contributed by atoms with E-state index in [4.69, 9.17) is 28.4 Å². The number of ether oxygens (including phenoxy) is 6. The Labute approximate surface area is 264 Å². The lowest BCUT2D eigenvalue weighted by molar-refractivity contribution is -0.367. The molecule has 0 saturated carbocycles. The van der Waals surface area contributed by atoms with Crippen LogP contribution in [0.15, 0.2) is 54.6 Å². The fourth-order valence-electron chi connectivity index (χ4n) is 5.29. The molecule has 2 aromatic carbocycles. The van der Waals surface area contributed by atoms with Crippen LogP contribution >= 0.6 is 11.3 Å². The van der Waals surface area contributed by atoms with Crippen LogP contribution in [0.1, 0.15) is 49.3 Å². The average molecular weight is 643 g/mol. The Morgan fingerprint density at radius 1 is 0.844 bits per heavy atom. The van der Waals surface area contributed by atoms with Gasteiger partial charge in [0.25, 0.3) is 0 Å². The summed E-state index contributed by atoms with van der Waals surface area (Å²) in [6.07, 6.45) is -4.83. The molecule has 10 nitrogen and oxygen atoms in total. The van der Waals surface area contributed by atoms with Crippen LogP contribution in [0.4, 0.5) is 4.39 Å². The molecular formula is C33H35FO10S. The molecule has 0 radical (unpaired) electrons. The normalized spacial score (nSPS) is 22.7. The second-order valence-corrected chi connectivity index (χ2v) is 11.8. The maximum Gasteiger partial charge on any atom is 0.303 e. The van der Waals surface area contributed by atoms with E-state index in [1.54, 1.807) is 29.5 Å². The minimum absolute atomic E-state index is 0.308. The maximum atomic E-state index is 13.4. The largest absolute Gasteiger partial charge is 0.463 e. The summed E-state index contributed by atoms with van der Waals surface area (Å²) in [4.78, 5) is 50.7. The Morgan fingerprint density at radius 2 is 1.49 bits per heavy atom. The third-order valence-corrected chi connectivity index (χ3v) is 8.38. The monoisotopic (exact) mass is 642 g/mol. The van der Waals surface area contributed by atoms with E-state index in [1.165, 1.54) is 33.1 Å². The molecule has 1 aromatic heterocycles. The molecule has 240 valence electrons. The molecule has 4 rings (SSSR count). The van der Waals surface area contributed by atoms with Crippen LogP contribution in [-0.2, 0) is 59.8 Å². The van der Waals surface area contributed by atoms with E-state index < -0.39 is 54.1 Å². The van der Waals surface area contributed by atoms with Crippen LogP contribution in [-0.4, -0.2) is 62.0 Å². The van der Waals surface area contributed by atoms with Crippen LogP contribution in [0.3, 0.4) is 0 Å². The van der Waals surface area contributed by atoms with Gasteiger partial charge in [-0.25, -0.2) is 4.39 Å². The van der Waals surface area contributed by atoms with Gasteiger partial charge in [0.2, 0.25) is 11.9 Å². The Kier molecular flexibility index (Phi) is 10.7. The lowest BCUT2D eigenvalue weighted by Gasteiger charge is -2.50. The van der Waals surface area contributed by atoms with Crippen molar-refractivity contribution in [3.8, 4) is 10.4 Å². The average Bonchev–Trinajstić information content (AvgIpc) is 3.43. The number of benzene rings is 2. The van der Waals surface area contributed by atoms with Crippen LogP contribution in [0, 0.1) is 12.7 Å². The van der Waals surface area contributed by atoms with Gasteiger partial charge in [-0.2, -0.15) is 0 Å². The van der Waals surface area contributed by atoms with Crippen LogP contribution in [0.25, 0.3) is 10.4 Å². The zero-order valence-electron chi connectivity index (χ0n) is 25.8. The van der Waals surface area contributed by atoms with Gasteiger partial charge in [-0.3, -0.25) is 19.2 Å². The highest BCUT2D eigenvalue weighted by Crippen LogP contribution is 2.44. The zero-order chi connectivity index (χ0) is 32.9. The predicted octanol–water partition coefficient (Wildman–Crippen LogP) is 5.01. The first-order valence-corrected chi connectivity index (χ1v) is 15.0. The molecule has 1 fully saturated rings. The van der Waals surface area contributed by atoms with Crippen molar-refractivity contribution in [2.45, 2.75) is 71.2 Å². The maximum absolute atomic E-state index is 13.4. The molecule has 45 heavy (non-hydrogen) atoms. The molecule has 3 aromatic rings. The first-order chi connectivity index (χ1) is 21.3. The summed E-state index contributed by atoms with van der Waals surface area (Å²) in [6, 6.07) is 15.7. The second-order valence-electron chi connectivity index (χ2n) is 10.6. The predicted molar refractivity (Wildman–Crippen MR) is 161 cm³/mol. The number of thiophene rings is 1. The molecule has 1 saturated heterocycles. The van der Waals surface area contributed by atoms with Gasteiger partial charge in [-0.05, 0) is 53.9 Å². The molecular weight excluding hydrogens is 607 g/mol. The molecule has 1 aliphatic heterocycles. The molecule has 0 bridgehead atoms. The number of esters is 4. The lowest BCUT2D eigenvalue weighted by atomic mass is 9.85. The van der Waals surface area contributed by atoms with Crippen molar-refractivity contribution in [3.63, 3.8) is 0 Å². The molecule has 0 amide bonds. The van der Waals surface area contributed by atoms with E-state index in [0.29, 0.717) is 12.0 Å². The number of hydrogen-bond acceptors (Lipinski definition) is 11. The third kappa shape index (κ3) is 7.94. The summed E-state index contributed by atoms with van der Waals surface area (Å²) >= 11 is 1.56. The Hall–Kier alpha value is -4.13. The first-order valence-electron chi connectivity index (χ1n) is 14.2. The third-order valence-electron chi connectivity index (χ3n) is 7.25. The van der Waals surface area contributed by atoms with E-state index in [0.717, 1.165) is 40.3 Å². The minimum atomic E-state index is -1.88. The van der Waals surface area contributed by atoms with Gasteiger partial charge in [0, 0.05) is 56.5 Å². The van der Waals surface area contributed by atoms with Gasteiger partial charge in [-0.1, -0.05) is 24.3 Å². The molecule has 1 unspecified atom stereocenters. The van der Waals surface area contributed by atoms with Gasteiger partial charge >= 0.3 is 23.9 Å². The number of halogens is 1. The summed E-state index contributed by atoms with van der Waals surface area (Å²) in [5.74, 6) is -5.02. The minimum Gasteiger partial charge on any atom is -0.463 e. The highest BCUT2D eigenvalue weighted by Gasteiger charge is 2.61. The summed E-state index contributed by atoms with van der Waals surface area (Å²) in [5, 5.41) is 0. The quantitative estimate of drug-likeness (QED) is 0.220. The van der Waals surface area contributed by atoms with Crippen molar-refractivity contribution in [1.82, 2.24) is 0 Å². The highest BCUT2D eigenvalue weighted by atomic mass is 32.1. The van der Waals surface area contributed by atoms with Crippen molar-refractivity contribution < 1.29 is 52.0 Å². The molecule has 5 atom stereocenters. The molecule has 1 aliphatic rings. The molecule has 2 heterocycles. The van der Waals surface area contributed by atoms with Crippen molar-refractivity contribution >= 4 is 35.2 Å². The smallest absolute Gasteiger partial charge is 0.303 e. The van der Waals surface area contributed by atoms with E-state index in [1.807, 2.05) is 31.2 Å². The summed E-state index contributed by atoms with van der Waals surface area (Å²) in [5.41, 5.74) is 3.16. The van der Waals surface area contributed by atoms with Crippen molar-refractivity contribution in [2.24, 2.45) is 0 Å². The standard InChI is InChI=1S/C33H35FO10S/c1-18-7-10-25(15-24(18)16-27-13-14-29(45-27)23-8-11-26(34)12-9-23)33(39-6)32(43-22(5)38)31(42-21(4)37)30(41-20(3)36)28(44-33)17-40-19(2)35/h7-15,28,30-32H,16-17H2,1-6H3/t28-,30-,31+,32+,33?/m1/s1. The molecule has 0 aliphatic carbocycles. The van der Waals surface area contributed by atoms with E-state index >= 15 is 0 Å². The number of hydrogen-bond donors (Lipinski definition) is 0. The Morgan fingerprint density at radius 3 is 2.09 bits per heavy atom. The summed E-state index contributed by atoms with van der Waals surface area (Å²) in [6.45, 7) is 6.25. The second kappa shape index (κ2) is 14.3. The van der Waals surface area contributed by atoms with Crippen molar-refractivity contribution in [2.75, 3.05) is 13.7 Å². The fourth-order valence-corrected chi connectivity index (χ4v) is 6.33. The molecule has 12 heteroatoms. The number of rotatable bonds is 10. The van der Waals surface area contributed by atoms with Crippen molar-refractivity contribution in [3.05, 3.63) is 82.0 Å². The van der Waals surface area contributed by atoms with Crippen molar-refractivity contribution in [1.29, 1.82) is 0 Å². The first kappa shape index (κ1) is 33.8. The topological polar surface area (TPSA) is 124 Å². The van der Waals surface area contributed by atoms with E-state index in [-0.39, 0.29) is 12.4 Å². The van der Waals surface area contributed by atoms with E-state index in [9.17, 15) is 23.6 Å². The van der Waals surface area contributed by atoms with E-state index in [2.05, 4.69) is 0 Å². The fraction of sp³-hybridized carbons (Fsp3) is 0.394. The van der Waals surface area contributed by atoms with Gasteiger partial charge in [0.15, 0.2) is 12.2 Å². The van der Waals surface area contributed by atoms with Gasteiger partial charge in [0.05, 0.1) is 0 Å².